The second-order valence-electron chi connectivity index (χ2n) is 4.32. The Morgan fingerprint density at radius 2 is 2.00 bits per heavy atom. The molecule has 0 aliphatic heterocycles. The first-order chi connectivity index (χ1) is 9.63. The largest absolute Gasteiger partial charge is 0.495 e. The SMILES string of the molecule is COc1cccc(CNc2c(C)cc(Br)cc2OC)n1. The number of pyridine rings is 1. The standard InChI is InChI=1S/C15H17BrN2O2/c1-10-7-11(16)8-13(19-2)15(10)17-9-12-5-4-6-14(18-12)20-3/h4-8,17H,9H2,1-3H3. The number of nitrogens with one attached hydrogen (secondary N) is 1. The first-order valence-electron chi connectivity index (χ1n) is 6.22. The van der Waals surface area contributed by atoms with Gasteiger partial charge in [0, 0.05) is 10.5 Å². The summed E-state index contributed by atoms with van der Waals surface area (Å²) in [6, 6.07) is 9.69. The van der Waals surface area contributed by atoms with Crippen molar-refractivity contribution in [3.63, 3.8) is 0 Å². The molecule has 0 unspecified atom stereocenters. The number of rotatable bonds is 5. The summed E-state index contributed by atoms with van der Waals surface area (Å²) in [4.78, 5) is 4.37. The van der Waals surface area contributed by atoms with Gasteiger partial charge in [-0.05, 0) is 30.7 Å². The Kier molecular flexibility index (Phi) is 4.84. The monoisotopic (exact) mass is 336 g/mol. The van der Waals surface area contributed by atoms with Crippen LogP contribution in [-0.2, 0) is 6.54 Å². The minimum Gasteiger partial charge on any atom is -0.495 e. The summed E-state index contributed by atoms with van der Waals surface area (Å²) >= 11 is 3.47. The zero-order valence-electron chi connectivity index (χ0n) is 11.7. The van der Waals surface area contributed by atoms with Gasteiger partial charge in [-0.15, -0.1) is 0 Å². The van der Waals surface area contributed by atoms with E-state index in [1.165, 1.54) is 0 Å². The van der Waals surface area contributed by atoms with Gasteiger partial charge in [-0.3, -0.25) is 0 Å². The topological polar surface area (TPSA) is 43.4 Å². The maximum absolute atomic E-state index is 5.40. The highest BCUT2D eigenvalue weighted by Crippen LogP contribution is 2.32. The smallest absolute Gasteiger partial charge is 0.213 e. The van der Waals surface area contributed by atoms with Crippen molar-refractivity contribution in [1.29, 1.82) is 0 Å². The second-order valence-corrected chi connectivity index (χ2v) is 5.24. The first kappa shape index (κ1) is 14.7. The van der Waals surface area contributed by atoms with E-state index in [2.05, 4.69) is 26.2 Å². The molecule has 0 bridgehead atoms. The number of methoxy groups -OCH3 is 2. The molecule has 0 aliphatic rings. The third-order valence-corrected chi connectivity index (χ3v) is 3.38. The van der Waals surface area contributed by atoms with Crippen molar-refractivity contribution in [3.8, 4) is 11.6 Å². The number of aryl methyl sites for hydroxylation is 1. The van der Waals surface area contributed by atoms with E-state index < -0.39 is 0 Å². The van der Waals surface area contributed by atoms with E-state index in [4.69, 9.17) is 9.47 Å². The second kappa shape index (κ2) is 6.61. The number of ether oxygens (including phenoxy) is 2. The molecule has 0 fully saturated rings. The van der Waals surface area contributed by atoms with Crippen molar-refractivity contribution in [2.75, 3.05) is 19.5 Å². The predicted molar refractivity (Wildman–Crippen MR) is 83.5 cm³/mol. The number of halogens is 1. The molecule has 20 heavy (non-hydrogen) atoms. The highest BCUT2D eigenvalue weighted by Gasteiger charge is 2.08. The summed E-state index contributed by atoms with van der Waals surface area (Å²) in [5.74, 6) is 1.42. The van der Waals surface area contributed by atoms with Gasteiger partial charge in [0.15, 0.2) is 0 Å². The van der Waals surface area contributed by atoms with E-state index in [1.54, 1.807) is 14.2 Å². The fourth-order valence-electron chi connectivity index (χ4n) is 1.95. The Morgan fingerprint density at radius 1 is 1.20 bits per heavy atom. The van der Waals surface area contributed by atoms with Crippen LogP contribution in [0.3, 0.4) is 0 Å². The van der Waals surface area contributed by atoms with Crippen LogP contribution in [0.2, 0.25) is 0 Å². The van der Waals surface area contributed by atoms with Crippen LogP contribution in [0.15, 0.2) is 34.8 Å². The van der Waals surface area contributed by atoms with Crippen molar-refractivity contribution in [1.82, 2.24) is 4.98 Å². The van der Waals surface area contributed by atoms with Gasteiger partial charge in [-0.1, -0.05) is 22.0 Å². The van der Waals surface area contributed by atoms with Gasteiger partial charge in [0.25, 0.3) is 0 Å². The van der Waals surface area contributed by atoms with Gasteiger partial charge in [0.1, 0.15) is 5.75 Å². The van der Waals surface area contributed by atoms with E-state index in [-0.39, 0.29) is 0 Å². The van der Waals surface area contributed by atoms with E-state index >= 15 is 0 Å². The normalized spacial score (nSPS) is 10.2. The summed E-state index contributed by atoms with van der Waals surface area (Å²) in [6.45, 7) is 2.64. The number of aromatic nitrogens is 1. The van der Waals surface area contributed by atoms with Crippen LogP contribution in [0.4, 0.5) is 5.69 Å². The van der Waals surface area contributed by atoms with Crippen LogP contribution in [0, 0.1) is 6.92 Å². The zero-order chi connectivity index (χ0) is 14.5. The lowest BCUT2D eigenvalue weighted by atomic mass is 10.2. The Balaban J connectivity index is 2.18. The average Bonchev–Trinajstić information content (AvgIpc) is 2.45. The highest BCUT2D eigenvalue weighted by atomic mass is 79.9. The molecule has 5 heteroatoms. The molecule has 106 valence electrons. The number of benzene rings is 1. The molecule has 1 aromatic heterocycles. The maximum Gasteiger partial charge on any atom is 0.213 e. The molecule has 0 aliphatic carbocycles. The fraction of sp³-hybridized carbons (Fsp3) is 0.267. The van der Waals surface area contributed by atoms with Crippen LogP contribution in [0.25, 0.3) is 0 Å². The average molecular weight is 337 g/mol. The quantitative estimate of drug-likeness (QED) is 0.902. The summed E-state index contributed by atoms with van der Waals surface area (Å²) in [7, 11) is 3.28. The number of anilines is 1. The van der Waals surface area contributed by atoms with E-state index in [9.17, 15) is 0 Å². The molecule has 2 aromatic rings. The van der Waals surface area contributed by atoms with Gasteiger partial charge >= 0.3 is 0 Å². The van der Waals surface area contributed by atoms with E-state index in [1.807, 2.05) is 37.3 Å². The summed E-state index contributed by atoms with van der Waals surface area (Å²) in [5, 5.41) is 3.36. The van der Waals surface area contributed by atoms with Crippen LogP contribution in [-0.4, -0.2) is 19.2 Å². The van der Waals surface area contributed by atoms with Crippen molar-refractivity contribution in [3.05, 3.63) is 46.1 Å². The summed E-state index contributed by atoms with van der Waals surface area (Å²) in [6.07, 6.45) is 0. The van der Waals surface area contributed by atoms with Gasteiger partial charge < -0.3 is 14.8 Å². The molecule has 0 saturated heterocycles. The molecular weight excluding hydrogens is 320 g/mol. The Hall–Kier alpha value is -1.75. The van der Waals surface area contributed by atoms with Crippen molar-refractivity contribution < 1.29 is 9.47 Å². The number of hydrogen-bond acceptors (Lipinski definition) is 4. The van der Waals surface area contributed by atoms with Crippen LogP contribution >= 0.6 is 15.9 Å². The van der Waals surface area contributed by atoms with Crippen molar-refractivity contribution >= 4 is 21.6 Å². The van der Waals surface area contributed by atoms with Gasteiger partial charge in [0.05, 0.1) is 32.1 Å². The lowest BCUT2D eigenvalue weighted by Crippen LogP contribution is -2.05. The molecule has 4 nitrogen and oxygen atoms in total. The Labute approximate surface area is 127 Å². The number of hydrogen-bond donors (Lipinski definition) is 1. The van der Waals surface area contributed by atoms with Crippen molar-refractivity contribution in [2.45, 2.75) is 13.5 Å². The minimum atomic E-state index is 0.607. The molecule has 0 saturated carbocycles. The molecule has 2 rings (SSSR count). The summed E-state index contributed by atoms with van der Waals surface area (Å²) in [5.41, 5.74) is 2.99. The Bertz CT molecular complexity index is 602. The molecular formula is C15H17BrN2O2. The molecule has 0 amide bonds. The zero-order valence-corrected chi connectivity index (χ0v) is 13.3. The van der Waals surface area contributed by atoms with Gasteiger partial charge in [-0.25, -0.2) is 4.98 Å². The molecule has 0 spiro atoms. The highest BCUT2D eigenvalue weighted by molar-refractivity contribution is 9.10. The molecule has 1 aromatic carbocycles. The Morgan fingerprint density at radius 3 is 2.70 bits per heavy atom. The maximum atomic E-state index is 5.40. The molecule has 1 heterocycles. The molecule has 0 radical (unpaired) electrons. The van der Waals surface area contributed by atoms with Crippen LogP contribution in [0.5, 0.6) is 11.6 Å². The van der Waals surface area contributed by atoms with E-state index in [0.717, 1.165) is 27.2 Å². The van der Waals surface area contributed by atoms with Crippen LogP contribution < -0.4 is 14.8 Å². The first-order valence-corrected chi connectivity index (χ1v) is 7.01. The molecule has 0 atom stereocenters. The third-order valence-electron chi connectivity index (χ3n) is 2.92. The van der Waals surface area contributed by atoms with Gasteiger partial charge in [0.2, 0.25) is 5.88 Å². The van der Waals surface area contributed by atoms with Crippen molar-refractivity contribution in [2.24, 2.45) is 0 Å². The number of nitrogens with zero attached hydrogens (tertiary/aromatic N) is 1. The van der Waals surface area contributed by atoms with Gasteiger partial charge in [-0.2, -0.15) is 0 Å². The summed E-state index contributed by atoms with van der Waals surface area (Å²) < 4.78 is 11.5. The minimum absolute atomic E-state index is 0.607. The lowest BCUT2D eigenvalue weighted by Gasteiger charge is -2.14. The van der Waals surface area contributed by atoms with E-state index in [0.29, 0.717) is 12.4 Å². The predicted octanol–water partition coefficient (Wildman–Crippen LogP) is 3.78. The lowest BCUT2D eigenvalue weighted by molar-refractivity contribution is 0.396. The van der Waals surface area contributed by atoms with Crippen LogP contribution in [0.1, 0.15) is 11.3 Å². The fourth-order valence-corrected chi connectivity index (χ4v) is 2.50. The molecule has 1 N–H and O–H groups in total. The third kappa shape index (κ3) is 3.42.